The molecule has 2 amide bonds. The SMILES string of the molecule is O=C(O)c1ccc(NC(=O)[C@@H]2c3ccc(OCc4ccccc4)cc3CCN2C(=O)C=Cc2cc(Cl)ccc2-n2cnnn2)cc1. The highest BCUT2D eigenvalue weighted by molar-refractivity contribution is 6.30. The van der Waals surface area contributed by atoms with Crippen molar-refractivity contribution in [2.24, 2.45) is 0 Å². The second-order valence-electron chi connectivity index (χ2n) is 10.5. The van der Waals surface area contributed by atoms with Crippen LogP contribution in [0.15, 0.2) is 103 Å². The molecule has 2 heterocycles. The Kier molecular flexibility index (Phi) is 8.84. The monoisotopic (exact) mass is 634 g/mol. The number of aromatic nitrogens is 4. The molecule has 0 aliphatic carbocycles. The molecular formula is C34H27ClN6O5. The van der Waals surface area contributed by atoms with Gasteiger partial charge in [-0.2, -0.15) is 4.68 Å². The number of benzene rings is 4. The van der Waals surface area contributed by atoms with Gasteiger partial charge in [-0.1, -0.05) is 48.0 Å². The number of ether oxygens (including phenoxy) is 1. The Balaban J connectivity index is 1.29. The quantitative estimate of drug-likeness (QED) is 0.206. The third kappa shape index (κ3) is 6.79. The highest BCUT2D eigenvalue weighted by atomic mass is 35.5. The first-order valence-electron chi connectivity index (χ1n) is 14.3. The van der Waals surface area contributed by atoms with E-state index in [9.17, 15) is 19.5 Å². The van der Waals surface area contributed by atoms with Gasteiger partial charge in [0.05, 0.1) is 11.3 Å². The van der Waals surface area contributed by atoms with Crippen molar-refractivity contribution in [2.75, 3.05) is 11.9 Å². The molecule has 6 rings (SSSR count). The van der Waals surface area contributed by atoms with Gasteiger partial charge in [-0.3, -0.25) is 9.59 Å². The fourth-order valence-electron chi connectivity index (χ4n) is 5.26. The van der Waals surface area contributed by atoms with Crippen LogP contribution >= 0.6 is 11.6 Å². The van der Waals surface area contributed by atoms with Gasteiger partial charge in [-0.25, -0.2) is 4.79 Å². The first kappa shape index (κ1) is 30.2. The summed E-state index contributed by atoms with van der Waals surface area (Å²) in [6.07, 6.45) is 4.94. The summed E-state index contributed by atoms with van der Waals surface area (Å²) in [6.45, 7) is 0.658. The number of hydrogen-bond acceptors (Lipinski definition) is 7. The molecule has 2 N–H and O–H groups in total. The Morgan fingerprint density at radius 2 is 1.80 bits per heavy atom. The summed E-state index contributed by atoms with van der Waals surface area (Å²) in [5.74, 6) is -1.25. The number of halogens is 1. The number of carboxylic acids is 1. The zero-order chi connectivity index (χ0) is 32.0. The van der Waals surface area contributed by atoms with E-state index in [0.717, 1.165) is 11.1 Å². The number of amides is 2. The normalized spacial score (nSPS) is 14.1. The van der Waals surface area contributed by atoms with Crippen LogP contribution in [0.1, 0.15) is 38.7 Å². The van der Waals surface area contributed by atoms with Gasteiger partial charge in [0, 0.05) is 28.9 Å². The summed E-state index contributed by atoms with van der Waals surface area (Å²) in [7, 11) is 0. The van der Waals surface area contributed by atoms with Gasteiger partial charge in [0.1, 0.15) is 24.7 Å². The molecular weight excluding hydrogens is 608 g/mol. The summed E-state index contributed by atoms with van der Waals surface area (Å²) < 4.78 is 7.49. The highest BCUT2D eigenvalue weighted by Gasteiger charge is 2.35. The minimum Gasteiger partial charge on any atom is -0.489 e. The van der Waals surface area contributed by atoms with Crippen molar-refractivity contribution in [2.45, 2.75) is 19.1 Å². The maximum Gasteiger partial charge on any atom is 0.335 e. The van der Waals surface area contributed by atoms with Crippen molar-refractivity contribution >= 4 is 41.1 Å². The van der Waals surface area contributed by atoms with Crippen LogP contribution < -0.4 is 10.1 Å². The Morgan fingerprint density at radius 1 is 1.00 bits per heavy atom. The topological polar surface area (TPSA) is 140 Å². The predicted molar refractivity (Wildman–Crippen MR) is 171 cm³/mol. The number of anilines is 1. The molecule has 0 radical (unpaired) electrons. The first-order valence-corrected chi connectivity index (χ1v) is 14.7. The second kappa shape index (κ2) is 13.4. The molecule has 0 fully saturated rings. The third-order valence-corrected chi connectivity index (χ3v) is 7.75. The first-order chi connectivity index (χ1) is 22.4. The lowest BCUT2D eigenvalue weighted by molar-refractivity contribution is -0.135. The molecule has 0 saturated heterocycles. The van der Waals surface area contributed by atoms with Crippen LogP contribution in [0.4, 0.5) is 5.69 Å². The maximum absolute atomic E-state index is 13.9. The zero-order valence-corrected chi connectivity index (χ0v) is 25.0. The van der Waals surface area contributed by atoms with E-state index in [1.54, 1.807) is 30.3 Å². The minimum absolute atomic E-state index is 0.0908. The van der Waals surface area contributed by atoms with E-state index in [0.29, 0.717) is 46.3 Å². The molecule has 0 unspecified atom stereocenters. The Bertz CT molecular complexity index is 1910. The van der Waals surface area contributed by atoms with Gasteiger partial charge in [0.25, 0.3) is 5.91 Å². The van der Waals surface area contributed by atoms with Crippen molar-refractivity contribution < 1.29 is 24.2 Å². The van der Waals surface area contributed by atoms with E-state index in [-0.39, 0.29) is 18.0 Å². The second-order valence-corrected chi connectivity index (χ2v) is 10.9. The Morgan fingerprint density at radius 3 is 2.54 bits per heavy atom. The molecule has 230 valence electrons. The van der Waals surface area contributed by atoms with Crippen molar-refractivity contribution in [1.29, 1.82) is 0 Å². The van der Waals surface area contributed by atoms with E-state index in [4.69, 9.17) is 16.3 Å². The van der Waals surface area contributed by atoms with Gasteiger partial charge in [-0.15, -0.1) is 5.10 Å². The summed E-state index contributed by atoms with van der Waals surface area (Å²) in [6, 6.07) is 25.3. The molecule has 1 aromatic heterocycles. The molecule has 1 aliphatic heterocycles. The van der Waals surface area contributed by atoms with Gasteiger partial charge in [0.2, 0.25) is 5.91 Å². The summed E-state index contributed by atoms with van der Waals surface area (Å²) in [5, 5.41) is 23.9. The fourth-order valence-corrected chi connectivity index (χ4v) is 5.44. The van der Waals surface area contributed by atoms with E-state index in [2.05, 4.69) is 20.8 Å². The molecule has 12 heteroatoms. The number of aromatic carboxylic acids is 1. The van der Waals surface area contributed by atoms with Crippen molar-refractivity contribution in [3.8, 4) is 11.4 Å². The lowest BCUT2D eigenvalue weighted by atomic mass is 9.91. The molecule has 0 saturated carbocycles. The predicted octanol–water partition coefficient (Wildman–Crippen LogP) is 5.37. The number of nitrogens with zero attached hydrogens (tertiary/aromatic N) is 5. The van der Waals surface area contributed by atoms with E-state index in [1.807, 2.05) is 42.5 Å². The average Bonchev–Trinajstić information content (AvgIpc) is 3.61. The number of fused-ring (bicyclic) bond motifs is 1. The minimum atomic E-state index is -1.07. The summed E-state index contributed by atoms with van der Waals surface area (Å²) in [4.78, 5) is 40.4. The van der Waals surface area contributed by atoms with Crippen LogP contribution in [-0.2, 0) is 22.6 Å². The van der Waals surface area contributed by atoms with Crippen LogP contribution in [0.3, 0.4) is 0 Å². The van der Waals surface area contributed by atoms with Crippen molar-refractivity contribution in [3.05, 3.63) is 136 Å². The van der Waals surface area contributed by atoms with E-state index >= 15 is 0 Å². The highest BCUT2D eigenvalue weighted by Crippen LogP contribution is 2.34. The Hall–Kier alpha value is -5.81. The third-order valence-electron chi connectivity index (χ3n) is 7.51. The molecule has 4 aromatic carbocycles. The molecule has 11 nitrogen and oxygen atoms in total. The standard InChI is InChI=1S/C34H27ClN6O5/c35-26-9-14-30(41-21-36-38-39-41)25(18-26)8-15-31(42)40-17-16-24-19-28(46-20-22-4-2-1-3-5-22)12-13-29(24)32(40)33(43)37-27-10-6-23(7-11-27)34(44)45/h1-15,18-19,21,32H,16-17,20H2,(H,37,43)(H,44,45)/t32-/m0/s1. The number of carbonyl (C=O) groups excluding carboxylic acids is 2. The summed E-state index contributed by atoms with van der Waals surface area (Å²) >= 11 is 6.25. The molecule has 5 aromatic rings. The lowest BCUT2D eigenvalue weighted by Crippen LogP contribution is -2.44. The maximum atomic E-state index is 13.9. The molecule has 1 atom stereocenters. The van der Waals surface area contributed by atoms with Crippen LogP contribution in [0.25, 0.3) is 11.8 Å². The van der Waals surface area contributed by atoms with Crippen molar-refractivity contribution in [1.82, 2.24) is 25.1 Å². The molecule has 46 heavy (non-hydrogen) atoms. The zero-order valence-electron chi connectivity index (χ0n) is 24.3. The van der Waals surface area contributed by atoms with Gasteiger partial charge < -0.3 is 20.1 Å². The van der Waals surface area contributed by atoms with Crippen LogP contribution in [-0.4, -0.2) is 54.5 Å². The van der Waals surface area contributed by atoms with Crippen molar-refractivity contribution in [3.63, 3.8) is 0 Å². The van der Waals surface area contributed by atoms with Gasteiger partial charge in [0.15, 0.2) is 0 Å². The largest absolute Gasteiger partial charge is 0.489 e. The van der Waals surface area contributed by atoms with Crippen LogP contribution in [0, 0.1) is 0 Å². The number of hydrogen-bond donors (Lipinski definition) is 2. The fraction of sp³-hybridized carbons (Fsp3) is 0.118. The lowest BCUT2D eigenvalue weighted by Gasteiger charge is -2.36. The summed E-state index contributed by atoms with van der Waals surface area (Å²) in [5.41, 5.74) is 4.28. The average molecular weight is 635 g/mol. The molecule has 0 bridgehead atoms. The number of carbonyl (C=O) groups is 3. The Labute approximate surface area is 268 Å². The van der Waals surface area contributed by atoms with Crippen LogP contribution in [0.5, 0.6) is 5.75 Å². The molecule has 1 aliphatic rings. The number of carboxylic acid groups (broad SMARTS) is 1. The smallest absolute Gasteiger partial charge is 0.335 e. The van der Waals surface area contributed by atoms with Gasteiger partial charge in [-0.05, 0) is 94.2 Å². The van der Waals surface area contributed by atoms with E-state index < -0.39 is 17.9 Å². The van der Waals surface area contributed by atoms with E-state index in [1.165, 1.54) is 46.3 Å². The van der Waals surface area contributed by atoms with Crippen LogP contribution in [0.2, 0.25) is 5.02 Å². The van der Waals surface area contributed by atoms with Gasteiger partial charge >= 0.3 is 5.97 Å². The number of nitrogens with one attached hydrogen (secondary N) is 1. The molecule has 0 spiro atoms. The number of tetrazole rings is 1. The number of rotatable bonds is 9.